The highest BCUT2D eigenvalue weighted by Crippen LogP contribution is 2.17. The van der Waals surface area contributed by atoms with E-state index in [2.05, 4.69) is 22.2 Å². The molecule has 0 aliphatic rings. The molecule has 0 atom stereocenters. The van der Waals surface area contributed by atoms with Crippen LogP contribution in [0.1, 0.15) is 5.69 Å². The van der Waals surface area contributed by atoms with Gasteiger partial charge in [-0.25, -0.2) is 0 Å². The largest absolute Gasteiger partial charge is 0.141 e. The van der Waals surface area contributed by atoms with Crippen LogP contribution in [0.3, 0.4) is 0 Å². The van der Waals surface area contributed by atoms with Crippen molar-refractivity contribution in [3.63, 3.8) is 0 Å². The molecule has 8 heavy (non-hydrogen) atoms. The van der Waals surface area contributed by atoms with Crippen molar-refractivity contribution in [2.24, 2.45) is 0 Å². The van der Waals surface area contributed by atoms with Crippen molar-refractivity contribution < 1.29 is 0 Å². The van der Waals surface area contributed by atoms with Crippen LogP contribution in [-0.2, 0) is 5.75 Å². The summed E-state index contributed by atoms with van der Waals surface area (Å²) in [6.07, 6.45) is 0. The predicted molar refractivity (Wildman–Crippen MR) is 36.2 cm³/mol. The molecule has 2 nitrogen and oxygen atoms in total. The summed E-state index contributed by atoms with van der Waals surface area (Å²) in [5, 5.41) is 3.67. The first-order valence-electron chi connectivity index (χ1n) is 1.89. The molecule has 1 rings (SSSR count). The molecule has 0 saturated heterocycles. The lowest BCUT2D eigenvalue weighted by Gasteiger charge is -1.79. The Kier molecular flexibility index (Phi) is 2.10. The van der Waals surface area contributed by atoms with Crippen LogP contribution in [0.4, 0.5) is 0 Å². The Hall–Kier alpha value is 0.200. The minimum atomic E-state index is 0.454. The number of rotatable bonds is 1. The molecule has 0 aliphatic carbocycles. The first-order chi connectivity index (χ1) is 3.84. The van der Waals surface area contributed by atoms with Crippen molar-refractivity contribution in [1.82, 2.24) is 9.59 Å². The smallest absolute Gasteiger partial charge is 0.138 e. The second kappa shape index (κ2) is 2.66. The summed E-state index contributed by atoms with van der Waals surface area (Å²) in [4.78, 5) is 0. The van der Waals surface area contributed by atoms with Gasteiger partial charge < -0.3 is 0 Å². The van der Waals surface area contributed by atoms with Gasteiger partial charge in [0.25, 0.3) is 0 Å². The quantitative estimate of drug-likeness (QED) is 0.635. The first kappa shape index (κ1) is 6.32. The standard InChI is InChI=1S/C3H2ClN2S2/c4-3-2(1-7)5-6-8-3/h1H2. The van der Waals surface area contributed by atoms with Crippen LogP contribution in [0.25, 0.3) is 0 Å². The molecule has 0 N–H and O–H groups in total. The zero-order valence-electron chi connectivity index (χ0n) is 3.80. The molecule has 0 amide bonds. The molecule has 1 aromatic rings. The monoisotopic (exact) mass is 165 g/mol. The number of nitrogens with zero attached hydrogens (tertiary/aromatic N) is 2. The third-order valence-corrected chi connectivity index (χ3v) is 1.90. The third kappa shape index (κ3) is 1.13. The van der Waals surface area contributed by atoms with Gasteiger partial charge in [0, 0.05) is 11.5 Å². The van der Waals surface area contributed by atoms with E-state index in [1.807, 2.05) is 0 Å². The van der Waals surface area contributed by atoms with Crippen LogP contribution in [-0.4, -0.2) is 9.59 Å². The van der Waals surface area contributed by atoms with Gasteiger partial charge in [0.1, 0.15) is 10.0 Å². The summed E-state index contributed by atoms with van der Waals surface area (Å²) < 4.78 is 4.20. The van der Waals surface area contributed by atoms with Crippen molar-refractivity contribution in [2.45, 2.75) is 5.75 Å². The van der Waals surface area contributed by atoms with Crippen LogP contribution < -0.4 is 0 Å². The Morgan fingerprint density at radius 3 is 2.75 bits per heavy atom. The van der Waals surface area contributed by atoms with Gasteiger partial charge in [0.05, 0.1) is 5.75 Å². The third-order valence-electron chi connectivity index (χ3n) is 0.646. The first-order valence-corrected chi connectivity index (χ1v) is 3.62. The number of halogens is 1. The van der Waals surface area contributed by atoms with E-state index in [1.54, 1.807) is 0 Å². The maximum atomic E-state index is 5.57. The second-order valence-corrected chi connectivity index (χ2v) is 2.78. The molecular weight excluding hydrogens is 164 g/mol. The lowest BCUT2D eigenvalue weighted by molar-refractivity contribution is 1.08. The lowest BCUT2D eigenvalue weighted by Crippen LogP contribution is -1.75. The molecule has 0 aromatic carbocycles. The molecule has 1 heterocycles. The normalized spacial score (nSPS) is 9.75. The topological polar surface area (TPSA) is 25.8 Å². The van der Waals surface area contributed by atoms with Crippen LogP contribution in [0.2, 0.25) is 4.34 Å². The Morgan fingerprint density at radius 2 is 2.50 bits per heavy atom. The fraction of sp³-hybridized carbons (Fsp3) is 0.333. The Labute approximate surface area is 61.4 Å². The molecule has 5 heteroatoms. The second-order valence-electron chi connectivity index (χ2n) is 1.14. The molecule has 0 bridgehead atoms. The van der Waals surface area contributed by atoms with Crippen molar-refractivity contribution in [3.8, 4) is 0 Å². The van der Waals surface area contributed by atoms with Crippen molar-refractivity contribution in [2.75, 3.05) is 0 Å². The highest BCUT2D eigenvalue weighted by molar-refractivity contribution is 7.79. The lowest BCUT2D eigenvalue weighted by atomic mass is 10.6. The van der Waals surface area contributed by atoms with Crippen LogP contribution >= 0.6 is 35.8 Å². The van der Waals surface area contributed by atoms with Crippen molar-refractivity contribution in [1.29, 1.82) is 0 Å². The molecule has 1 radical (unpaired) electrons. The van der Waals surface area contributed by atoms with Crippen molar-refractivity contribution in [3.05, 3.63) is 10.0 Å². The summed E-state index contributed by atoms with van der Waals surface area (Å²) >= 11 is 11.4. The molecular formula is C3H2ClN2S2. The summed E-state index contributed by atoms with van der Waals surface area (Å²) in [5.41, 5.74) is 0.715. The molecule has 0 unspecified atom stereocenters. The molecule has 1 aromatic heterocycles. The maximum Gasteiger partial charge on any atom is 0.138 e. The SMILES string of the molecule is [S]Cc1nnsc1Cl. The predicted octanol–water partition coefficient (Wildman–Crippen LogP) is 1.89. The zero-order chi connectivity index (χ0) is 5.98. The number of aromatic nitrogens is 2. The molecule has 43 valence electrons. The van der Waals surface area contributed by atoms with Gasteiger partial charge in [-0.05, 0) is 0 Å². The average molecular weight is 166 g/mol. The van der Waals surface area contributed by atoms with Gasteiger partial charge in [0.15, 0.2) is 0 Å². The van der Waals surface area contributed by atoms with Crippen LogP contribution in [0, 0.1) is 0 Å². The molecule has 0 spiro atoms. The number of hydrogen-bond donors (Lipinski definition) is 0. The van der Waals surface area contributed by atoms with Gasteiger partial charge in [-0.1, -0.05) is 28.7 Å². The number of hydrogen-bond acceptors (Lipinski definition) is 3. The van der Waals surface area contributed by atoms with E-state index in [0.29, 0.717) is 15.8 Å². The molecule has 0 aliphatic heterocycles. The van der Waals surface area contributed by atoms with Gasteiger partial charge in [-0.15, -0.1) is 5.10 Å². The van der Waals surface area contributed by atoms with Crippen LogP contribution in [0.15, 0.2) is 0 Å². The van der Waals surface area contributed by atoms with E-state index >= 15 is 0 Å². The van der Waals surface area contributed by atoms with E-state index < -0.39 is 0 Å². The summed E-state index contributed by atoms with van der Waals surface area (Å²) in [6, 6.07) is 0. The Balaban J connectivity index is 2.92. The maximum absolute atomic E-state index is 5.57. The minimum Gasteiger partial charge on any atom is -0.141 e. The van der Waals surface area contributed by atoms with E-state index in [-0.39, 0.29) is 0 Å². The van der Waals surface area contributed by atoms with E-state index in [4.69, 9.17) is 11.6 Å². The summed E-state index contributed by atoms with van der Waals surface area (Å²) in [6.45, 7) is 0. The van der Waals surface area contributed by atoms with E-state index in [1.165, 1.54) is 11.5 Å². The zero-order valence-corrected chi connectivity index (χ0v) is 6.18. The highest BCUT2D eigenvalue weighted by Gasteiger charge is 2.00. The Bertz CT molecular complexity index is 176. The summed E-state index contributed by atoms with van der Waals surface area (Å²) in [7, 11) is 0. The minimum absolute atomic E-state index is 0.454. The summed E-state index contributed by atoms with van der Waals surface area (Å²) in [5.74, 6) is 0.454. The average Bonchev–Trinajstić information content (AvgIpc) is 2.14. The molecule has 0 saturated carbocycles. The van der Waals surface area contributed by atoms with Gasteiger partial charge in [-0.3, -0.25) is 0 Å². The van der Waals surface area contributed by atoms with Gasteiger partial charge >= 0.3 is 0 Å². The molecule has 0 fully saturated rings. The van der Waals surface area contributed by atoms with E-state index in [0.717, 1.165) is 0 Å². The van der Waals surface area contributed by atoms with Gasteiger partial charge in [0.2, 0.25) is 0 Å². The Morgan fingerprint density at radius 1 is 1.75 bits per heavy atom. The highest BCUT2D eigenvalue weighted by atomic mass is 35.5. The van der Waals surface area contributed by atoms with Gasteiger partial charge in [-0.2, -0.15) is 0 Å². The van der Waals surface area contributed by atoms with Crippen LogP contribution in [0.5, 0.6) is 0 Å². The fourth-order valence-corrected chi connectivity index (χ4v) is 1.28. The van der Waals surface area contributed by atoms with E-state index in [9.17, 15) is 0 Å². The fourth-order valence-electron chi connectivity index (χ4n) is 0.283. The van der Waals surface area contributed by atoms with Crippen molar-refractivity contribution >= 4 is 35.8 Å².